The topological polar surface area (TPSA) is 113 Å². The number of amides is 1. The fourth-order valence-electron chi connectivity index (χ4n) is 2.72. The quantitative estimate of drug-likeness (QED) is 0.524. The second kappa shape index (κ2) is 8.79. The summed E-state index contributed by atoms with van der Waals surface area (Å²) < 4.78 is 44.6. The van der Waals surface area contributed by atoms with Crippen molar-refractivity contribution in [3.05, 3.63) is 53.4 Å². The molecular weight excluding hydrogens is 452 g/mol. The standard InChI is InChI=1S/C20H14ClF2N3O6/c21-12-3-1-11(2-4-12)19-25-17(32-26-19)7-8-18(28)29-10-16(27)24-13-5-6-14-15(9-13)31-20(22,23)30-14/h1-6,9H,7-8,10H2,(H,24,27). The lowest BCUT2D eigenvalue weighted by Crippen LogP contribution is -2.25. The summed E-state index contributed by atoms with van der Waals surface area (Å²) >= 11 is 5.84. The minimum Gasteiger partial charge on any atom is -0.456 e. The van der Waals surface area contributed by atoms with Gasteiger partial charge in [0.2, 0.25) is 11.7 Å². The molecule has 3 aromatic rings. The molecule has 166 valence electrons. The molecular formula is C20H14ClF2N3O6. The number of nitrogens with zero attached hydrogens (tertiary/aromatic N) is 2. The fraction of sp³-hybridized carbons (Fsp3) is 0.200. The molecule has 0 atom stereocenters. The number of hydrogen-bond donors (Lipinski definition) is 1. The van der Waals surface area contributed by atoms with Crippen LogP contribution in [0.1, 0.15) is 12.3 Å². The zero-order valence-corrected chi connectivity index (χ0v) is 16.9. The maximum atomic E-state index is 13.0. The maximum absolute atomic E-state index is 13.0. The van der Waals surface area contributed by atoms with Crippen LogP contribution in [0.3, 0.4) is 0 Å². The van der Waals surface area contributed by atoms with Crippen molar-refractivity contribution in [3.8, 4) is 22.9 Å². The SMILES string of the molecule is O=C(COC(=O)CCc1nc(-c2ccc(Cl)cc2)no1)Nc1ccc2c(c1)OC(F)(F)O2. The van der Waals surface area contributed by atoms with E-state index in [0.29, 0.717) is 16.4 Å². The van der Waals surface area contributed by atoms with Gasteiger partial charge in [-0.1, -0.05) is 16.8 Å². The number of esters is 1. The highest BCUT2D eigenvalue weighted by molar-refractivity contribution is 6.30. The van der Waals surface area contributed by atoms with Gasteiger partial charge in [0.25, 0.3) is 5.91 Å². The average Bonchev–Trinajstić information content (AvgIpc) is 3.33. The predicted octanol–water partition coefficient (Wildman–Crippen LogP) is 3.83. The van der Waals surface area contributed by atoms with E-state index in [1.54, 1.807) is 24.3 Å². The number of benzene rings is 2. The summed E-state index contributed by atoms with van der Waals surface area (Å²) in [5, 5.41) is 6.82. The minimum atomic E-state index is -3.76. The number of halogens is 3. The van der Waals surface area contributed by atoms with Crippen molar-refractivity contribution >= 4 is 29.2 Å². The van der Waals surface area contributed by atoms with E-state index in [0.717, 1.165) is 0 Å². The summed E-state index contributed by atoms with van der Waals surface area (Å²) in [6.45, 7) is -0.566. The number of fused-ring (bicyclic) bond motifs is 1. The fourth-order valence-corrected chi connectivity index (χ4v) is 2.85. The van der Waals surface area contributed by atoms with Gasteiger partial charge in [-0.25, -0.2) is 0 Å². The summed E-state index contributed by atoms with van der Waals surface area (Å²) in [7, 11) is 0. The van der Waals surface area contributed by atoms with Gasteiger partial charge >= 0.3 is 12.3 Å². The third-order valence-corrected chi connectivity index (χ3v) is 4.41. The van der Waals surface area contributed by atoms with E-state index in [1.165, 1.54) is 18.2 Å². The third kappa shape index (κ3) is 5.30. The highest BCUT2D eigenvalue weighted by Crippen LogP contribution is 2.42. The normalized spacial score (nSPS) is 13.6. The van der Waals surface area contributed by atoms with E-state index >= 15 is 0 Å². The molecule has 0 bridgehead atoms. The van der Waals surface area contributed by atoms with Crippen LogP contribution in [0, 0.1) is 0 Å². The van der Waals surface area contributed by atoms with Gasteiger partial charge in [0.15, 0.2) is 18.1 Å². The molecule has 1 amide bonds. The van der Waals surface area contributed by atoms with Crippen LogP contribution in [0.15, 0.2) is 47.0 Å². The zero-order valence-electron chi connectivity index (χ0n) is 16.1. The molecule has 0 fully saturated rings. The number of carbonyl (C=O) groups is 2. The lowest BCUT2D eigenvalue weighted by atomic mass is 10.2. The summed E-state index contributed by atoms with van der Waals surface area (Å²) in [4.78, 5) is 28.0. The maximum Gasteiger partial charge on any atom is 0.586 e. The minimum absolute atomic E-state index is 0.0887. The highest BCUT2D eigenvalue weighted by Gasteiger charge is 2.43. The van der Waals surface area contributed by atoms with Crippen LogP contribution in [-0.2, 0) is 20.7 Å². The van der Waals surface area contributed by atoms with Crippen LogP contribution in [0.25, 0.3) is 11.4 Å². The Morgan fingerprint density at radius 1 is 1.09 bits per heavy atom. The molecule has 0 spiro atoms. The van der Waals surface area contributed by atoms with Crippen molar-refractivity contribution in [3.63, 3.8) is 0 Å². The molecule has 2 heterocycles. The number of anilines is 1. The van der Waals surface area contributed by atoms with Gasteiger partial charge in [-0.2, -0.15) is 4.98 Å². The Balaban J connectivity index is 1.22. The number of aromatic nitrogens is 2. The van der Waals surface area contributed by atoms with Crippen molar-refractivity contribution in [2.45, 2.75) is 19.1 Å². The summed E-state index contributed by atoms with van der Waals surface area (Å²) in [6, 6.07) is 10.6. The van der Waals surface area contributed by atoms with Gasteiger partial charge in [0.05, 0.1) is 6.42 Å². The first-order valence-electron chi connectivity index (χ1n) is 9.21. The molecule has 0 unspecified atom stereocenters. The lowest BCUT2D eigenvalue weighted by molar-refractivity contribution is -0.286. The molecule has 0 radical (unpaired) electrons. The number of hydrogen-bond acceptors (Lipinski definition) is 8. The Hall–Kier alpha value is -3.73. The van der Waals surface area contributed by atoms with Crippen molar-refractivity contribution in [2.24, 2.45) is 0 Å². The molecule has 1 N–H and O–H groups in total. The molecule has 0 saturated heterocycles. The zero-order chi connectivity index (χ0) is 22.7. The van der Waals surface area contributed by atoms with Gasteiger partial charge in [0.1, 0.15) is 0 Å². The number of carbonyl (C=O) groups excluding carboxylic acids is 2. The summed E-state index contributed by atoms with van der Waals surface area (Å²) in [5.74, 6) is -1.11. The van der Waals surface area contributed by atoms with Crippen molar-refractivity contribution < 1.29 is 37.1 Å². The van der Waals surface area contributed by atoms with Crippen LogP contribution in [0.5, 0.6) is 11.5 Å². The second-order valence-electron chi connectivity index (χ2n) is 6.56. The number of rotatable bonds is 7. The first-order chi connectivity index (χ1) is 15.3. The first-order valence-corrected chi connectivity index (χ1v) is 9.59. The summed E-state index contributed by atoms with van der Waals surface area (Å²) in [6.07, 6.45) is -3.72. The Kier molecular flexibility index (Phi) is 5.91. The van der Waals surface area contributed by atoms with Crippen LogP contribution in [0.4, 0.5) is 14.5 Å². The monoisotopic (exact) mass is 465 g/mol. The predicted molar refractivity (Wildman–Crippen MR) is 105 cm³/mol. The number of aryl methyl sites for hydroxylation is 1. The Morgan fingerprint density at radius 2 is 1.84 bits per heavy atom. The van der Waals surface area contributed by atoms with Crippen molar-refractivity contribution in [1.29, 1.82) is 0 Å². The Labute approximate surface area is 184 Å². The van der Waals surface area contributed by atoms with Crippen LogP contribution in [0.2, 0.25) is 5.02 Å². The van der Waals surface area contributed by atoms with Gasteiger partial charge in [-0.15, -0.1) is 8.78 Å². The smallest absolute Gasteiger partial charge is 0.456 e. The molecule has 1 aliphatic heterocycles. The van der Waals surface area contributed by atoms with Gasteiger partial charge in [-0.05, 0) is 36.4 Å². The molecule has 4 rings (SSSR count). The highest BCUT2D eigenvalue weighted by atomic mass is 35.5. The van der Waals surface area contributed by atoms with Gasteiger partial charge in [-0.3, -0.25) is 9.59 Å². The molecule has 32 heavy (non-hydrogen) atoms. The summed E-state index contributed by atoms with van der Waals surface area (Å²) in [5.41, 5.74) is 0.877. The van der Waals surface area contributed by atoms with Crippen LogP contribution >= 0.6 is 11.6 Å². The molecule has 12 heteroatoms. The molecule has 9 nitrogen and oxygen atoms in total. The molecule has 1 aromatic heterocycles. The number of nitrogens with one attached hydrogen (secondary N) is 1. The van der Waals surface area contributed by atoms with E-state index in [9.17, 15) is 18.4 Å². The molecule has 0 aliphatic carbocycles. The molecule has 2 aromatic carbocycles. The van der Waals surface area contributed by atoms with E-state index in [-0.39, 0.29) is 35.9 Å². The number of alkyl halides is 2. The molecule has 1 aliphatic rings. The molecule has 0 saturated carbocycles. The number of ether oxygens (including phenoxy) is 3. The van der Waals surface area contributed by atoms with Gasteiger partial charge in [0, 0.05) is 28.8 Å². The van der Waals surface area contributed by atoms with Gasteiger partial charge < -0.3 is 24.1 Å². The van der Waals surface area contributed by atoms with E-state index in [2.05, 4.69) is 24.9 Å². The van der Waals surface area contributed by atoms with Crippen molar-refractivity contribution in [2.75, 3.05) is 11.9 Å². The Bertz CT molecular complexity index is 1150. The Morgan fingerprint density at radius 3 is 2.62 bits per heavy atom. The average molecular weight is 466 g/mol. The first kappa shape index (κ1) is 21.5. The second-order valence-corrected chi connectivity index (χ2v) is 6.99. The van der Waals surface area contributed by atoms with E-state index < -0.39 is 24.8 Å². The third-order valence-electron chi connectivity index (χ3n) is 4.16. The van der Waals surface area contributed by atoms with Crippen molar-refractivity contribution in [1.82, 2.24) is 10.1 Å². The van der Waals surface area contributed by atoms with E-state index in [4.69, 9.17) is 20.9 Å². The van der Waals surface area contributed by atoms with E-state index in [1.807, 2.05) is 0 Å². The van der Waals surface area contributed by atoms with Crippen LogP contribution < -0.4 is 14.8 Å². The lowest BCUT2D eigenvalue weighted by Gasteiger charge is -2.07. The van der Waals surface area contributed by atoms with Crippen LogP contribution in [-0.4, -0.2) is 34.9 Å². The largest absolute Gasteiger partial charge is 0.586 e.